The van der Waals surface area contributed by atoms with Crippen molar-refractivity contribution in [3.63, 3.8) is 0 Å². The summed E-state index contributed by atoms with van der Waals surface area (Å²) in [5.41, 5.74) is -1.39. The van der Waals surface area contributed by atoms with Crippen molar-refractivity contribution in [3.05, 3.63) is 64.4 Å². The predicted octanol–water partition coefficient (Wildman–Crippen LogP) is 2.89. The van der Waals surface area contributed by atoms with E-state index in [2.05, 4.69) is 5.32 Å². The van der Waals surface area contributed by atoms with Crippen LogP contribution in [-0.4, -0.2) is 16.8 Å². The minimum atomic E-state index is -2.08. The second-order valence-corrected chi connectivity index (χ2v) is 5.55. The molecule has 3 rings (SSSR count). The standard InChI is InChI=1S/C16H11ClFNO3/c17-10-3-1-9(2-4-10)14(20)8-16(22)12-7-11(18)5-6-13(12)19-15(16)21/h1-7,22H,8H2,(H,19,21)/t16-/m0/s1. The Hall–Kier alpha value is -2.24. The number of ketones is 1. The normalized spacial score (nSPS) is 19.7. The Morgan fingerprint density at radius 1 is 1.23 bits per heavy atom. The molecule has 1 aliphatic rings. The lowest BCUT2D eigenvalue weighted by Crippen LogP contribution is -2.36. The number of fused-ring (bicyclic) bond motifs is 1. The minimum Gasteiger partial charge on any atom is -0.375 e. The fraction of sp³-hybridized carbons (Fsp3) is 0.125. The molecule has 0 saturated heterocycles. The summed E-state index contributed by atoms with van der Waals surface area (Å²) < 4.78 is 13.4. The van der Waals surface area contributed by atoms with Crippen LogP contribution < -0.4 is 5.32 Å². The summed E-state index contributed by atoms with van der Waals surface area (Å²) in [4.78, 5) is 24.3. The Balaban J connectivity index is 1.94. The number of halogens is 2. The lowest BCUT2D eigenvalue weighted by atomic mass is 9.88. The predicted molar refractivity (Wildman–Crippen MR) is 79.3 cm³/mol. The van der Waals surface area contributed by atoms with E-state index in [0.29, 0.717) is 16.3 Å². The van der Waals surface area contributed by atoms with E-state index >= 15 is 0 Å². The SMILES string of the molecule is O=C(C[C@@]1(O)C(=O)Nc2ccc(F)cc21)c1ccc(Cl)cc1. The van der Waals surface area contributed by atoms with Gasteiger partial charge in [0.15, 0.2) is 11.4 Å². The quantitative estimate of drug-likeness (QED) is 0.855. The molecule has 112 valence electrons. The van der Waals surface area contributed by atoms with E-state index in [4.69, 9.17) is 11.6 Å². The summed E-state index contributed by atoms with van der Waals surface area (Å²) in [7, 11) is 0. The van der Waals surface area contributed by atoms with Gasteiger partial charge in [0.1, 0.15) is 5.82 Å². The number of carbonyl (C=O) groups excluding carboxylic acids is 2. The lowest BCUT2D eigenvalue weighted by Gasteiger charge is -2.20. The van der Waals surface area contributed by atoms with Crippen LogP contribution in [0.2, 0.25) is 5.02 Å². The van der Waals surface area contributed by atoms with Gasteiger partial charge in [0.2, 0.25) is 0 Å². The molecule has 4 nitrogen and oxygen atoms in total. The monoisotopic (exact) mass is 319 g/mol. The first-order valence-electron chi connectivity index (χ1n) is 6.53. The van der Waals surface area contributed by atoms with Gasteiger partial charge in [-0.15, -0.1) is 0 Å². The van der Waals surface area contributed by atoms with Crippen LogP contribution in [0.3, 0.4) is 0 Å². The van der Waals surface area contributed by atoms with Crippen molar-refractivity contribution in [1.82, 2.24) is 0 Å². The summed E-state index contributed by atoms with van der Waals surface area (Å²) in [5.74, 6) is -1.77. The van der Waals surface area contributed by atoms with Crippen molar-refractivity contribution in [2.75, 3.05) is 5.32 Å². The summed E-state index contributed by atoms with van der Waals surface area (Å²) in [6, 6.07) is 9.69. The van der Waals surface area contributed by atoms with Crippen LogP contribution in [0.1, 0.15) is 22.3 Å². The van der Waals surface area contributed by atoms with Gasteiger partial charge in [-0.05, 0) is 42.5 Å². The summed E-state index contributed by atoms with van der Waals surface area (Å²) >= 11 is 5.76. The Morgan fingerprint density at radius 3 is 2.59 bits per heavy atom. The molecule has 0 radical (unpaired) electrons. The first kappa shape index (κ1) is 14.7. The van der Waals surface area contributed by atoms with Crippen molar-refractivity contribution in [1.29, 1.82) is 0 Å². The van der Waals surface area contributed by atoms with Crippen molar-refractivity contribution in [3.8, 4) is 0 Å². The Bertz CT molecular complexity index is 775. The van der Waals surface area contributed by atoms with Crippen LogP contribution in [0.5, 0.6) is 0 Å². The third-order valence-electron chi connectivity index (χ3n) is 3.63. The van der Waals surface area contributed by atoms with Gasteiger partial charge in [0.25, 0.3) is 5.91 Å². The smallest absolute Gasteiger partial charge is 0.261 e. The molecule has 22 heavy (non-hydrogen) atoms. The van der Waals surface area contributed by atoms with Crippen LogP contribution in [0.4, 0.5) is 10.1 Å². The fourth-order valence-corrected chi connectivity index (χ4v) is 2.59. The van der Waals surface area contributed by atoms with E-state index in [9.17, 15) is 19.1 Å². The Kier molecular flexibility index (Phi) is 3.47. The van der Waals surface area contributed by atoms with Gasteiger partial charge >= 0.3 is 0 Å². The van der Waals surface area contributed by atoms with E-state index in [1.54, 1.807) is 12.1 Å². The molecular formula is C16H11ClFNO3. The molecule has 0 spiro atoms. The second kappa shape index (κ2) is 5.19. The Morgan fingerprint density at radius 2 is 1.91 bits per heavy atom. The maximum Gasteiger partial charge on any atom is 0.261 e. The summed E-state index contributed by atoms with van der Waals surface area (Å²) in [6.45, 7) is 0. The van der Waals surface area contributed by atoms with Crippen molar-refractivity contribution in [2.45, 2.75) is 12.0 Å². The minimum absolute atomic E-state index is 0.0693. The average molecular weight is 320 g/mol. The third kappa shape index (κ3) is 2.38. The third-order valence-corrected chi connectivity index (χ3v) is 3.89. The van der Waals surface area contributed by atoms with Crippen LogP contribution in [-0.2, 0) is 10.4 Å². The first-order chi connectivity index (χ1) is 10.4. The highest BCUT2D eigenvalue weighted by Crippen LogP contribution is 2.39. The number of anilines is 1. The molecule has 2 aromatic carbocycles. The number of hydrogen-bond acceptors (Lipinski definition) is 3. The molecule has 0 saturated carbocycles. The highest BCUT2D eigenvalue weighted by atomic mass is 35.5. The highest BCUT2D eigenvalue weighted by Gasteiger charge is 2.47. The van der Waals surface area contributed by atoms with E-state index in [0.717, 1.165) is 6.07 Å². The topological polar surface area (TPSA) is 66.4 Å². The number of rotatable bonds is 3. The first-order valence-corrected chi connectivity index (χ1v) is 6.90. The number of benzene rings is 2. The molecule has 0 fully saturated rings. The zero-order valence-electron chi connectivity index (χ0n) is 11.3. The number of aliphatic hydroxyl groups is 1. The zero-order valence-corrected chi connectivity index (χ0v) is 12.0. The molecule has 0 unspecified atom stereocenters. The second-order valence-electron chi connectivity index (χ2n) is 5.11. The zero-order chi connectivity index (χ0) is 15.9. The van der Waals surface area contributed by atoms with Gasteiger partial charge < -0.3 is 10.4 Å². The summed E-state index contributed by atoms with van der Waals surface area (Å²) in [6.07, 6.45) is -0.475. The number of amides is 1. The van der Waals surface area contributed by atoms with Gasteiger partial charge in [-0.25, -0.2) is 4.39 Å². The van der Waals surface area contributed by atoms with E-state index in [1.165, 1.54) is 24.3 Å². The van der Waals surface area contributed by atoms with Gasteiger partial charge in [-0.1, -0.05) is 11.6 Å². The van der Waals surface area contributed by atoms with Crippen LogP contribution in [0, 0.1) is 5.82 Å². The highest BCUT2D eigenvalue weighted by molar-refractivity contribution is 6.30. The molecular weight excluding hydrogens is 309 g/mol. The molecule has 0 bridgehead atoms. The fourth-order valence-electron chi connectivity index (χ4n) is 2.46. The molecule has 0 aliphatic carbocycles. The molecule has 1 heterocycles. The van der Waals surface area contributed by atoms with Crippen LogP contribution >= 0.6 is 11.6 Å². The van der Waals surface area contributed by atoms with Gasteiger partial charge in [0, 0.05) is 21.8 Å². The van der Waals surface area contributed by atoms with E-state index < -0.39 is 29.5 Å². The molecule has 2 aromatic rings. The summed E-state index contributed by atoms with van der Waals surface area (Å²) in [5, 5.41) is 13.5. The molecule has 1 aliphatic heterocycles. The van der Waals surface area contributed by atoms with Gasteiger partial charge in [-0.3, -0.25) is 9.59 Å². The van der Waals surface area contributed by atoms with E-state index in [1.807, 2.05) is 0 Å². The number of Topliss-reactive ketones (excluding diaryl/α,β-unsaturated/α-hetero) is 1. The average Bonchev–Trinajstić information content (AvgIpc) is 2.71. The lowest BCUT2D eigenvalue weighted by molar-refractivity contribution is -0.133. The maximum atomic E-state index is 13.4. The molecule has 1 atom stereocenters. The molecule has 2 N–H and O–H groups in total. The van der Waals surface area contributed by atoms with Crippen molar-refractivity contribution < 1.29 is 19.1 Å². The number of hydrogen-bond donors (Lipinski definition) is 2. The van der Waals surface area contributed by atoms with E-state index in [-0.39, 0.29) is 5.56 Å². The molecule has 6 heteroatoms. The number of carbonyl (C=O) groups is 2. The van der Waals surface area contributed by atoms with Crippen LogP contribution in [0.15, 0.2) is 42.5 Å². The Labute approximate surface area is 130 Å². The van der Waals surface area contributed by atoms with Gasteiger partial charge in [-0.2, -0.15) is 0 Å². The molecule has 0 aromatic heterocycles. The van der Waals surface area contributed by atoms with Crippen LogP contribution in [0.25, 0.3) is 0 Å². The van der Waals surface area contributed by atoms with Gasteiger partial charge in [0.05, 0.1) is 6.42 Å². The van der Waals surface area contributed by atoms with Crippen molar-refractivity contribution in [2.24, 2.45) is 0 Å². The largest absolute Gasteiger partial charge is 0.375 e. The number of nitrogens with one attached hydrogen (secondary N) is 1. The molecule has 1 amide bonds. The maximum absolute atomic E-state index is 13.4. The van der Waals surface area contributed by atoms with Crippen molar-refractivity contribution >= 4 is 29.0 Å².